The minimum Gasteiger partial charge on any atom is -0.373 e. The fourth-order valence-corrected chi connectivity index (χ4v) is 2.30. The Bertz CT molecular complexity index is 468. The van der Waals surface area contributed by atoms with Gasteiger partial charge in [-0.3, -0.25) is 9.69 Å². The number of carbonyl (C=O) groups excluding carboxylic acids is 1. The standard InChI is InChI=1S/C14H17F2NO2/c1-14(2)9-17(6-7-19-14)8-12(18)13-10(15)4-3-5-11(13)16/h3-5H,6-9H2,1-2H3. The molecule has 0 amide bonds. The molecule has 0 unspecified atom stereocenters. The van der Waals surface area contributed by atoms with Gasteiger partial charge in [-0.25, -0.2) is 8.78 Å². The van der Waals surface area contributed by atoms with Crippen LogP contribution in [0.1, 0.15) is 24.2 Å². The van der Waals surface area contributed by atoms with Crippen LogP contribution >= 0.6 is 0 Å². The van der Waals surface area contributed by atoms with Crippen molar-refractivity contribution in [3.63, 3.8) is 0 Å². The maximum Gasteiger partial charge on any atom is 0.182 e. The van der Waals surface area contributed by atoms with Crippen LogP contribution < -0.4 is 0 Å². The quantitative estimate of drug-likeness (QED) is 0.788. The maximum atomic E-state index is 13.5. The Kier molecular flexibility index (Phi) is 3.96. The molecule has 1 saturated heterocycles. The van der Waals surface area contributed by atoms with Crippen LogP contribution in [0, 0.1) is 11.6 Å². The van der Waals surface area contributed by atoms with Gasteiger partial charge in [-0.1, -0.05) is 6.07 Å². The summed E-state index contributed by atoms with van der Waals surface area (Å²) in [5.74, 6) is -2.15. The molecule has 0 radical (unpaired) electrons. The second kappa shape index (κ2) is 5.35. The number of halogens is 2. The van der Waals surface area contributed by atoms with Crippen molar-refractivity contribution in [2.75, 3.05) is 26.2 Å². The van der Waals surface area contributed by atoms with Gasteiger partial charge in [-0.15, -0.1) is 0 Å². The van der Waals surface area contributed by atoms with Crippen molar-refractivity contribution in [3.05, 3.63) is 35.4 Å². The lowest BCUT2D eigenvalue weighted by molar-refractivity contribution is -0.0833. The lowest BCUT2D eigenvalue weighted by Crippen LogP contribution is -2.49. The zero-order chi connectivity index (χ0) is 14.0. The molecule has 3 nitrogen and oxygen atoms in total. The highest BCUT2D eigenvalue weighted by Gasteiger charge is 2.29. The van der Waals surface area contributed by atoms with E-state index in [1.54, 1.807) is 0 Å². The summed E-state index contributed by atoms with van der Waals surface area (Å²) in [6, 6.07) is 3.44. The Hall–Kier alpha value is -1.33. The first kappa shape index (κ1) is 14.1. The number of hydrogen-bond acceptors (Lipinski definition) is 3. The van der Waals surface area contributed by atoms with Crippen LogP contribution in [0.25, 0.3) is 0 Å². The van der Waals surface area contributed by atoms with Crippen molar-refractivity contribution in [3.8, 4) is 0 Å². The van der Waals surface area contributed by atoms with Crippen molar-refractivity contribution < 1.29 is 18.3 Å². The molecular formula is C14H17F2NO2. The molecule has 0 spiro atoms. The summed E-state index contributed by atoms with van der Waals surface area (Å²) in [4.78, 5) is 13.9. The number of carbonyl (C=O) groups is 1. The van der Waals surface area contributed by atoms with Gasteiger partial charge in [0.25, 0.3) is 0 Å². The second-order valence-corrected chi connectivity index (χ2v) is 5.34. The number of morpholine rings is 1. The van der Waals surface area contributed by atoms with Crippen molar-refractivity contribution in [2.45, 2.75) is 19.4 Å². The van der Waals surface area contributed by atoms with Crippen LogP contribution in [0.2, 0.25) is 0 Å². The highest BCUT2D eigenvalue weighted by Crippen LogP contribution is 2.18. The largest absolute Gasteiger partial charge is 0.373 e. The van der Waals surface area contributed by atoms with E-state index in [-0.39, 0.29) is 12.1 Å². The molecule has 0 atom stereocenters. The van der Waals surface area contributed by atoms with Gasteiger partial charge in [0.2, 0.25) is 0 Å². The summed E-state index contributed by atoms with van der Waals surface area (Å²) in [5, 5.41) is 0. The molecule has 1 aliphatic rings. The van der Waals surface area contributed by atoms with Gasteiger partial charge < -0.3 is 4.74 Å². The number of ketones is 1. The van der Waals surface area contributed by atoms with E-state index in [1.807, 2.05) is 18.7 Å². The van der Waals surface area contributed by atoms with E-state index in [1.165, 1.54) is 6.07 Å². The first-order valence-electron chi connectivity index (χ1n) is 6.22. The third-order valence-electron chi connectivity index (χ3n) is 3.11. The van der Waals surface area contributed by atoms with Gasteiger partial charge in [0.05, 0.1) is 24.3 Å². The van der Waals surface area contributed by atoms with Gasteiger partial charge in [0.15, 0.2) is 5.78 Å². The van der Waals surface area contributed by atoms with Gasteiger partial charge in [-0.05, 0) is 26.0 Å². The minimum absolute atomic E-state index is 0.00461. The molecule has 19 heavy (non-hydrogen) atoms. The zero-order valence-corrected chi connectivity index (χ0v) is 11.1. The Labute approximate surface area is 111 Å². The number of Topliss-reactive ketones (excluding diaryl/α,β-unsaturated/α-hetero) is 1. The fourth-order valence-electron chi connectivity index (χ4n) is 2.30. The van der Waals surface area contributed by atoms with E-state index in [0.717, 1.165) is 12.1 Å². The molecule has 0 aliphatic carbocycles. The van der Waals surface area contributed by atoms with Gasteiger partial charge >= 0.3 is 0 Å². The molecular weight excluding hydrogens is 252 g/mol. The molecule has 104 valence electrons. The highest BCUT2D eigenvalue weighted by molar-refractivity contribution is 5.98. The van der Waals surface area contributed by atoms with Crippen LogP contribution in [0.4, 0.5) is 8.78 Å². The third-order valence-corrected chi connectivity index (χ3v) is 3.11. The molecule has 0 bridgehead atoms. The average Bonchev–Trinajstić information content (AvgIpc) is 2.27. The second-order valence-electron chi connectivity index (χ2n) is 5.34. The lowest BCUT2D eigenvalue weighted by Gasteiger charge is -2.37. The van der Waals surface area contributed by atoms with Crippen molar-refractivity contribution in [2.24, 2.45) is 0 Å². The van der Waals surface area contributed by atoms with Crippen LogP contribution in [0.5, 0.6) is 0 Å². The predicted molar refractivity (Wildman–Crippen MR) is 67.2 cm³/mol. The molecule has 0 aromatic heterocycles. The van der Waals surface area contributed by atoms with Gasteiger partial charge in [0.1, 0.15) is 11.6 Å². The van der Waals surface area contributed by atoms with Crippen molar-refractivity contribution in [1.29, 1.82) is 0 Å². The van der Waals surface area contributed by atoms with Gasteiger partial charge in [0, 0.05) is 13.1 Å². The highest BCUT2D eigenvalue weighted by atomic mass is 19.1. The normalized spacial score (nSPS) is 19.4. The topological polar surface area (TPSA) is 29.5 Å². The van der Waals surface area contributed by atoms with Crippen molar-refractivity contribution >= 4 is 5.78 Å². The SMILES string of the molecule is CC1(C)CN(CC(=O)c2c(F)cccc2F)CCO1. The van der Waals surface area contributed by atoms with Crippen LogP contribution in [-0.4, -0.2) is 42.5 Å². The Morgan fingerprint density at radius 2 is 2.00 bits per heavy atom. The lowest BCUT2D eigenvalue weighted by atomic mass is 10.1. The summed E-state index contributed by atoms with van der Waals surface area (Å²) in [5.41, 5.74) is -0.793. The summed E-state index contributed by atoms with van der Waals surface area (Å²) < 4.78 is 32.5. The Morgan fingerprint density at radius 3 is 2.58 bits per heavy atom. The summed E-state index contributed by atoms with van der Waals surface area (Å²) >= 11 is 0. The molecule has 5 heteroatoms. The molecule has 1 heterocycles. The Morgan fingerprint density at radius 1 is 1.37 bits per heavy atom. The number of hydrogen-bond donors (Lipinski definition) is 0. The van der Waals surface area contributed by atoms with E-state index in [0.29, 0.717) is 19.7 Å². The predicted octanol–water partition coefficient (Wildman–Crippen LogP) is 2.26. The van der Waals surface area contributed by atoms with Crippen molar-refractivity contribution in [1.82, 2.24) is 4.90 Å². The first-order chi connectivity index (χ1) is 8.89. The van der Waals surface area contributed by atoms with E-state index in [4.69, 9.17) is 4.74 Å². The van der Waals surface area contributed by atoms with Crippen LogP contribution in [0.3, 0.4) is 0 Å². The summed E-state index contributed by atoms with van der Waals surface area (Å²) in [6.07, 6.45) is 0. The van der Waals surface area contributed by atoms with E-state index in [2.05, 4.69) is 0 Å². The Balaban J connectivity index is 2.09. The summed E-state index contributed by atoms with van der Waals surface area (Å²) in [6.45, 7) is 5.52. The number of rotatable bonds is 3. The van der Waals surface area contributed by atoms with E-state index >= 15 is 0 Å². The fraction of sp³-hybridized carbons (Fsp3) is 0.500. The maximum absolute atomic E-state index is 13.5. The molecule has 1 aromatic carbocycles. The summed E-state index contributed by atoms with van der Waals surface area (Å²) in [7, 11) is 0. The third kappa shape index (κ3) is 3.36. The number of ether oxygens (including phenoxy) is 1. The van der Waals surface area contributed by atoms with Crippen LogP contribution in [0.15, 0.2) is 18.2 Å². The minimum atomic E-state index is -0.808. The monoisotopic (exact) mass is 269 g/mol. The molecule has 1 aliphatic heterocycles. The number of nitrogens with zero attached hydrogens (tertiary/aromatic N) is 1. The first-order valence-corrected chi connectivity index (χ1v) is 6.22. The molecule has 1 aromatic rings. The molecule has 0 N–H and O–H groups in total. The van der Waals surface area contributed by atoms with E-state index in [9.17, 15) is 13.6 Å². The molecule has 1 fully saturated rings. The van der Waals surface area contributed by atoms with Crippen LogP contribution in [-0.2, 0) is 4.74 Å². The number of benzene rings is 1. The smallest absolute Gasteiger partial charge is 0.182 e. The zero-order valence-electron chi connectivity index (χ0n) is 11.1. The molecule has 2 rings (SSSR count). The molecule has 0 saturated carbocycles. The average molecular weight is 269 g/mol. The van der Waals surface area contributed by atoms with E-state index < -0.39 is 23.0 Å². The van der Waals surface area contributed by atoms with Gasteiger partial charge in [-0.2, -0.15) is 0 Å².